The first kappa shape index (κ1) is 10.9. The number of hydrogen-bond acceptors (Lipinski definition) is 4. The zero-order valence-electron chi connectivity index (χ0n) is 11.3. The second-order valence-electron chi connectivity index (χ2n) is 6.66. The maximum atomic E-state index is 5.83. The van der Waals surface area contributed by atoms with Crippen molar-refractivity contribution in [3.05, 3.63) is 24.5 Å². The Morgan fingerprint density at radius 2 is 1.90 bits per heavy atom. The van der Waals surface area contributed by atoms with E-state index in [2.05, 4.69) is 15.3 Å². The summed E-state index contributed by atoms with van der Waals surface area (Å²) in [6.45, 7) is 0. The van der Waals surface area contributed by atoms with Gasteiger partial charge in [-0.1, -0.05) is 0 Å². The normalized spacial score (nSPS) is 37.1. The van der Waals surface area contributed by atoms with E-state index < -0.39 is 0 Å². The highest BCUT2D eigenvalue weighted by Crippen LogP contribution is 2.66. The summed E-state index contributed by atoms with van der Waals surface area (Å²) in [5.41, 5.74) is 7.51. The molecule has 0 radical (unpaired) electrons. The number of benzene rings is 1. The van der Waals surface area contributed by atoms with Gasteiger partial charge in [0.05, 0.1) is 5.52 Å². The van der Waals surface area contributed by atoms with Gasteiger partial charge >= 0.3 is 0 Å². The van der Waals surface area contributed by atoms with Crippen LogP contribution in [-0.4, -0.2) is 16.0 Å². The lowest BCUT2D eigenvalue weighted by molar-refractivity contribution is 0.456. The Morgan fingerprint density at radius 3 is 2.70 bits per heavy atom. The summed E-state index contributed by atoms with van der Waals surface area (Å²) < 4.78 is 0. The molecule has 0 spiro atoms. The zero-order valence-corrected chi connectivity index (χ0v) is 11.3. The van der Waals surface area contributed by atoms with Crippen molar-refractivity contribution >= 4 is 22.4 Å². The molecule has 3 aliphatic carbocycles. The summed E-state index contributed by atoms with van der Waals surface area (Å²) in [6, 6.07) is 6.52. The van der Waals surface area contributed by atoms with E-state index in [1.54, 1.807) is 6.33 Å². The van der Waals surface area contributed by atoms with Crippen molar-refractivity contribution < 1.29 is 0 Å². The molecular formula is C16H18N4. The predicted octanol–water partition coefficient (Wildman–Crippen LogP) is 2.67. The number of aromatic nitrogens is 2. The summed E-state index contributed by atoms with van der Waals surface area (Å²) in [4.78, 5) is 8.77. The van der Waals surface area contributed by atoms with Gasteiger partial charge in [0.15, 0.2) is 0 Å². The van der Waals surface area contributed by atoms with Gasteiger partial charge in [-0.25, -0.2) is 9.97 Å². The SMILES string of the molecule is Nc1ccc2c(NC3C4C5CCC(C5)C34)ncnc2c1. The molecule has 3 aliphatic rings. The Kier molecular flexibility index (Phi) is 1.97. The van der Waals surface area contributed by atoms with Gasteiger partial charge in [0.2, 0.25) is 0 Å². The Hall–Kier alpha value is -1.84. The Bertz CT molecular complexity index is 682. The molecule has 20 heavy (non-hydrogen) atoms. The van der Waals surface area contributed by atoms with E-state index in [-0.39, 0.29) is 0 Å². The van der Waals surface area contributed by atoms with Crippen LogP contribution in [0, 0.1) is 23.7 Å². The van der Waals surface area contributed by atoms with E-state index in [9.17, 15) is 0 Å². The monoisotopic (exact) mass is 266 g/mol. The van der Waals surface area contributed by atoms with E-state index in [4.69, 9.17) is 5.73 Å². The van der Waals surface area contributed by atoms with Crippen molar-refractivity contribution in [2.24, 2.45) is 23.7 Å². The molecule has 3 saturated carbocycles. The highest BCUT2D eigenvalue weighted by Gasteiger charge is 2.65. The lowest BCUT2D eigenvalue weighted by Gasteiger charge is -2.12. The van der Waals surface area contributed by atoms with Crippen LogP contribution in [0.5, 0.6) is 0 Å². The maximum Gasteiger partial charge on any atom is 0.137 e. The van der Waals surface area contributed by atoms with Crippen molar-refractivity contribution in [1.82, 2.24) is 9.97 Å². The molecule has 2 aromatic rings. The van der Waals surface area contributed by atoms with Crippen LogP contribution < -0.4 is 11.1 Å². The third-order valence-electron chi connectivity index (χ3n) is 5.70. The average molecular weight is 266 g/mol. The molecule has 0 aliphatic heterocycles. The molecule has 2 bridgehead atoms. The number of nitrogens with two attached hydrogens (primary N) is 1. The summed E-state index contributed by atoms with van der Waals surface area (Å²) in [7, 11) is 0. The van der Waals surface area contributed by atoms with E-state index in [0.29, 0.717) is 6.04 Å². The van der Waals surface area contributed by atoms with Crippen LogP contribution in [0.2, 0.25) is 0 Å². The fourth-order valence-electron chi connectivity index (χ4n) is 4.87. The molecular weight excluding hydrogens is 248 g/mol. The minimum absolute atomic E-state index is 0.650. The van der Waals surface area contributed by atoms with Gasteiger partial charge in [-0.05, 0) is 61.1 Å². The smallest absolute Gasteiger partial charge is 0.137 e. The molecule has 1 aromatic heterocycles. The highest BCUT2D eigenvalue weighted by atomic mass is 15.1. The molecule has 3 fully saturated rings. The average Bonchev–Trinajstić information content (AvgIpc) is 2.83. The first-order valence-corrected chi connectivity index (χ1v) is 7.58. The van der Waals surface area contributed by atoms with Crippen LogP contribution in [0.15, 0.2) is 24.5 Å². The number of nitrogen functional groups attached to an aromatic ring is 1. The van der Waals surface area contributed by atoms with Gasteiger partial charge in [-0.15, -0.1) is 0 Å². The molecule has 0 saturated heterocycles. The van der Waals surface area contributed by atoms with E-state index in [0.717, 1.165) is 46.1 Å². The molecule has 4 unspecified atom stereocenters. The maximum absolute atomic E-state index is 5.83. The Labute approximate surface area is 117 Å². The predicted molar refractivity (Wildman–Crippen MR) is 79.2 cm³/mol. The van der Waals surface area contributed by atoms with E-state index in [1.165, 1.54) is 19.3 Å². The Morgan fingerprint density at radius 1 is 1.10 bits per heavy atom. The third kappa shape index (κ3) is 1.37. The van der Waals surface area contributed by atoms with Crippen molar-refractivity contribution in [3.63, 3.8) is 0 Å². The molecule has 4 nitrogen and oxygen atoms in total. The van der Waals surface area contributed by atoms with Gasteiger partial charge in [-0.3, -0.25) is 0 Å². The highest BCUT2D eigenvalue weighted by molar-refractivity contribution is 5.90. The number of nitrogens with zero attached hydrogens (tertiary/aromatic N) is 2. The largest absolute Gasteiger partial charge is 0.399 e. The summed E-state index contributed by atoms with van der Waals surface area (Å²) in [5.74, 6) is 4.76. The Balaban J connectivity index is 1.48. The van der Waals surface area contributed by atoms with E-state index >= 15 is 0 Å². The molecule has 1 aromatic carbocycles. The molecule has 102 valence electrons. The van der Waals surface area contributed by atoms with Gasteiger partial charge < -0.3 is 11.1 Å². The number of fused-ring (bicyclic) bond motifs is 6. The van der Waals surface area contributed by atoms with Crippen LogP contribution in [0.4, 0.5) is 11.5 Å². The van der Waals surface area contributed by atoms with Crippen LogP contribution >= 0.6 is 0 Å². The summed E-state index contributed by atoms with van der Waals surface area (Å²) in [5, 5.41) is 4.77. The first-order chi connectivity index (χ1) is 9.81. The molecule has 5 rings (SSSR count). The second-order valence-corrected chi connectivity index (χ2v) is 6.66. The van der Waals surface area contributed by atoms with Crippen LogP contribution in [-0.2, 0) is 0 Å². The van der Waals surface area contributed by atoms with Crippen LogP contribution in [0.3, 0.4) is 0 Å². The van der Waals surface area contributed by atoms with Gasteiger partial charge in [0, 0.05) is 17.1 Å². The number of hydrogen-bond donors (Lipinski definition) is 2. The minimum Gasteiger partial charge on any atom is -0.399 e. The van der Waals surface area contributed by atoms with Gasteiger partial charge in [-0.2, -0.15) is 0 Å². The van der Waals surface area contributed by atoms with Crippen molar-refractivity contribution in [1.29, 1.82) is 0 Å². The number of anilines is 2. The number of rotatable bonds is 2. The molecule has 4 atom stereocenters. The van der Waals surface area contributed by atoms with E-state index in [1.807, 2.05) is 18.2 Å². The van der Waals surface area contributed by atoms with Gasteiger partial charge in [0.25, 0.3) is 0 Å². The fraction of sp³-hybridized carbons (Fsp3) is 0.500. The zero-order chi connectivity index (χ0) is 13.3. The first-order valence-electron chi connectivity index (χ1n) is 7.58. The fourth-order valence-corrected chi connectivity index (χ4v) is 4.87. The summed E-state index contributed by atoms with van der Waals surface area (Å²) in [6.07, 6.45) is 6.02. The van der Waals surface area contributed by atoms with Gasteiger partial charge in [0.1, 0.15) is 12.1 Å². The van der Waals surface area contributed by atoms with Crippen LogP contribution in [0.1, 0.15) is 19.3 Å². The topological polar surface area (TPSA) is 63.8 Å². The molecule has 4 heteroatoms. The third-order valence-corrected chi connectivity index (χ3v) is 5.70. The standard InChI is InChI=1S/C16H18N4/c17-10-3-4-11-12(6-10)18-7-19-16(11)20-15-13-8-1-2-9(5-8)14(13)15/h3-4,6-9,13-15H,1-2,5,17H2,(H,18,19,20). The number of nitrogens with one attached hydrogen (secondary N) is 1. The van der Waals surface area contributed by atoms with Crippen molar-refractivity contribution in [3.8, 4) is 0 Å². The quantitative estimate of drug-likeness (QED) is 0.820. The van der Waals surface area contributed by atoms with Crippen molar-refractivity contribution in [2.75, 3.05) is 11.1 Å². The summed E-state index contributed by atoms with van der Waals surface area (Å²) >= 11 is 0. The van der Waals surface area contributed by atoms with Crippen molar-refractivity contribution in [2.45, 2.75) is 25.3 Å². The second kappa shape index (κ2) is 3.62. The molecule has 3 N–H and O–H groups in total. The molecule has 1 heterocycles. The molecule has 0 amide bonds. The lowest BCUT2D eigenvalue weighted by Crippen LogP contribution is -2.14. The van der Waals surface area contributed by atoms with Crippen LogP contribution in [0.25, 0.3) is 10.9 Å². The lowest BCUT2D eigenvalue weighted by atomic mass is 10.0. The minimum atomic E-state index is 0.650.